The molecular weight excluding hydrogens is 232 g/mol. The largest absolute Gasteiger partial charge is 0.233 e. The Morgan fingerprint density at radius 2 is 1.53 bits per heavy atom. The van der Waals surface area contributed by atoms with Gasteiger partial charge in [0.05, 0.1) is 17.6 Å². The fourth-order valence-corrected chi connectivity index (χ4v) is 2.86. The van der Waals surface area contributed by atoms with Gasteiger partial charge in [-0.25, -0.2) is 4.68 Å². The lowest BCUT2D eigenvalue weighted by Crippen LogP contribution is -2.06. The van der Waals surface area contributed by atoms with Crippen LogP contribution in [0.3, 0.4) is 0 Å². The molecule has 1 aromatic heterocycles. The van der Waals surface area contributed by atoms with Crippen molar-refractivity contribution in [3.63, 3.8) is 0 Å². The highest BCUT2D eigenvalue weighted by Gasteiger charge is 2.20. The normalized spacial score (nSPS) is 12.8. The van der Waals surface area contributed by atoms with E-state index >= 15 is 0 Å². The maximum absolute atomic E-state index is 4.58. The first-order chi connectivity index (χ1) is 9.43. The van der Waals surface area contributed by atoms with Gasteiger partial charge >= 0.3 is 0 Å². The molecule has 0 saturated heterocycles. The van der Waals surface area contributed by atoms with Crippen molar-refractivity contribution >= 4 is 0 Å². The quantitative estimate of drug-likeness (QED) is 0.641. The molecule has 0 saturated carbocycles. The van der Waals surface area contributed by atoms with Crippen molar-refractivity contribution in [2.45, 2.75) is 12.8 Å². The lowest BCUT2D eigenvalue weighted by Gasteiger charge is -2.18. The summed E-state index contributed by atoms with van der Waals surface area (Å²) < 4.78 is 2.06. The molecule has 0 unspecified atom stereocenters. The summed E-state index contributed by atoms with van der Waals surface area (Å²) in [5.74, 6) is 0. The number of hydrogen-bond acceptors (Lipinski definition) is 1. The Morgan fingerprint density at radius 1 is 0.789 bits per heavy atom. The smallest absolute Gasteiger partial charge is 0.0775 e. The average Bonchev–Trinajstić information content (AvgIpc) is 2.92. The molecule has 0 aliphatic heterocycles. The number of para-hydroxylation sites is 1. The van der Waals surface area contributed by atoms with E-state index in [1.165, 1.54) is 22.4 Å². The Balaban J connectivity index is 1.97. The predicted molar refractivity (Wildman–Crippen MR) is 76.4 cm³/mol. The van der Waals surface area contributed by atoms with E-state index in [2.05, 4.69) is 58.3 Å². The second-order valence-corrected chi connectivity index (χ2v) is 4.92. The summed E-state index contributed by atoms with van der Waals surface area (Å²) in [5.41, 5.74) is 6.48. The van der Waals surface area contributed by atoms with Gasteiger partial charge in [0.15, 0.2) is 0 Å². The van der Waals surface area contributed by atoms with Gasteiger partial charge in [0.1, 0.15) is 0 Å². The molecule has 0 spiro atoms. The average molecular weight is 246 g/mol. The van der Waals surface area contributed by atoms with Gasteiger partial charge in [-0.3, -0.25) is 0 Å². The molecule has 4 rings (SSSR count). The SMILES string of the molecule is c1ccc(-n2ncc3c2-c2ccccc2CC3)cc1. The number of fused-ring (bicyclic) bond motifs is 3. The zero-order chi connectivity index (χ0) is 12.7. The molecule has 0 atom stereocenters. The van der Waals surface area contributed by atoms with E-state index in [9.17, 15) is 0 Å². The van der Waals surface area contributed by atoms with Crippen LogP contribution >= 0.6 is 0 Å². The van der Waals surface area contributed by atoms with E-state index in [0.29, 0.717) is 0 Å². The fraction of sp³-hybridized carbons (Fsp3) is 0.118. The van der Waals surface area contributed by atoms with Crippen LogP contribution in [0.25, 0.3) is 16.9 Å². The molecule has 0 amide bonds. The van der Waals surface area contributed by atoms with Crippen LogP contribution in [0.5, 0.6) is 0 Å². The van der Waals surface area contributed by atoms with Gasteiger partial charge in [0, 0.05) is 5.56 Å². The zero-order valence-corrected chi connectivity index (χ0v) is 10.6. The van der Waals surface area contributed by atoms with Crippen LogP contribution in [-0.2, 0) is 12.8 Å². The highest BCUT2D eigenvalue weighted by Crippen LogP contribution is 2.34. The summed E-state index contributed by atoms with van der Waals surface area (Å²) in [6.45, 7) is 0. The number of hydrogen-bond donors (Lipinski definition) is 0. The van der Waals surface area contributed by atoms with Crippen LogP contribution in [0.4, 0.5) is 0 Å². The molecule has 0 bridgehead atoms. The van der Waals surface area contributed by atoms with Crippen molar-refractivity contribution in [3.8, 4) is 16.9 Å². The second-order valence-electron chi connectivity index (χ2n) is 4.92. The third-order valence-corrected chi connectivity index (χ3v) is 3.78. The molecule has 2 nitrogen and oxygen atoms in total. The van der Waals surface area contributed by atoms with Crippen molar-refractivity contribution in [1.82, 2.24) is 9.78 Å². The summed E-state index contributed by atoms with van der Waals surface area (Å²) >= 11 is 0. The maximum Gasteiger partial charge on any atom is 0.0775 e. The van der Waals surface area contributed by atoms with Gasteiger partial charge in [0.25, 0.3) is 0 Å². The first-order valence-electron chi connectivity index (χ1n) is 6.64. The Kier molecular flexibility index (Phi) is 2.27. The molecule has 0 radical (unpaired) electrons. The minimum absolute atomic E-state index is 1.08. The van der Waals surface area contributed by atoms with Crippen LogP contribution < -0.4 is 0 Å². The second kappa shape index (κ2) is 4.09. The standard InChI is InChI=1S/C17H14N2/c1-2-7-15(8-3-1)19-17-14(12-18-19)11-10-13-6-4-5-9-16(13)17/h1-9,12H,10-11H2. The maximum atomic E-state index is 4.58. The molecule has 0 N–H and O–H groups in total. The number of nitrogens with zero attached hydrogens (tertiary/aromatic N) is 2. The zero-order valence-electron chi connectivity index (χ0n) is 10.6. The molecular formula is C17H14N2. The summed E-state index contributed by atoms with van der Waals surface area (Å²) in [6, 6.07) is 19.0. The van der Waals surface area contributed by atoms with Gasteiger partial charge < -0.3 is 0 Å². The predicted octanol–water partition coefficient (Wildman–Crippen LogP) is 3.64. The number of rotatable bonds is 1. The van der Waals surface area contributed by atoms with Crippen LogP contribution in [0.1, 0.15) is 11.1 Å². The van der Waals surface area contributed by atoms with Gasteiger partial charge in [0.2, 0.25) is 0 Å². The number of aryl methyl sites for hydroxylation is 2. The fourth-order valence-electron chi connectivity index (χ4n) is 2.86. The van der Waals surface area contributed by atoms with Crippen LogP contribution in [-0.4, -0.2) is 9.78 Å². The Labute approximate surface area is 112 Å². The van der Waals surface area contributed by atoms with E-state index in [1.54, 1.807) is 0 Å². The molecule has 3 aromatic rings. The minimum Gasteiger partial charge on any atom is -0.233 e. The van der Waals surface area contributed by atoms with E-state index in [-0.39, 0.29) is 0 Å². The first kappa shape index (κ1) is 10.6. The summed E-state index contributed by atoms with van der Waals surface area (Å²) in [5, 5.41) is 4.58. The molecule has 19 heavy (non-hydrogen) atoms. The van der Waals surface area contributed by atoms with E-state index < -0.39 is 0 Å². The van der Waals surface area contributed by atoms with Crippen molar-refractivity contribution in [2.24, 2.45) is 0 Å². The molecule has 2 aromatic carbocycles. The molecule has 92 valence electrons. The Bertz CT molecular complexity index is 726. The van der Waals surface area contributed by atoms with Gasteiger partial charge in [-0.1, -0.05) is 42.5 Å². The van der Waals surface area contributed by atoms with Crippen LogP contribution in [0, 0.1) is 0 Å². The highest BCUT2D eigenvalue weighted by molar-refractivity contribution is 5.71. The molecule has 2 heteroatoms. The Hall–Kier alpha value is -2.35. The van der Waals surface area contributed by atoms with Crippen molar-refractivity contribution in [1.29, 1.82) is 0 Å². The lowest BCUT2D eigenvalue weighted by atomic mass is 9.90. The third-order valence-electron chi connectivity index (χ3n) is 3.78. The lowest BCUT2D eigenvalue weighted by molar-refractivity contribution is 0.876. The molecule has 1 heterocycles. The molecule has 1 aliphatic carbocycles. The first-order valence-corrected chi connectivity index (χ1v) is 6.64. The topological polar surface area (TPSA) is 17.8 Å². The summed E-state index contributed by atoms with van der Waals surface area (Å²) in [4.78, 5) is 0. The van der Waals surface area contributed by atoms with Gasteiger partial charge in [-0.05, 0) is 36.1 Å². The molecule has 1 aliphatic rings. The van der Waals surface area contributed by atoms with Gasteiger partial charge in [-0.2, -0.15) is 5.10 Å². The third kappa shape index (κ3) is 1.60. The van der Waals surface area contributed by atoms with E-state index in [4.69, 9.17) is 0 Å². The van der Waals surface area contributed by atoms with Crippen LogP contribution in [0.15, 0.2) is 60.8 Å². The highest BCUT2D eigenvalue weighted by atomic mass is 15.3. The minimum atomic E-state index is 1.08. The molecule has 0 fully saturated rings. The van der Waals surface area contributed by atoms with Crippen molar-refractivity contribution in [3.05, 3.63) is 71.9 Å². The van der Waals surface area contributed by atoms with Crippen molar-refractivity contribution < 1.29 is 0 Å². The number of benzene rings is 2. The van der Waals surface area contributed by atoms with Gasteiger partial charge in [-0.15, -0.1) is 0 Å². The monoisotopic (exact) mass is 246 g/mol. The van der Waals surface area contributed by atoms with E-state index in [1.807, 2.05) is 12.3 Å². The number of aromatic nitrogens is 2. The van der Waals surface area contributed by atoms with Crippen molar-refractivity contribution in [2.75, 3.05) is 0 Å². The van der Waals surface area contributed by atoms with E-state index in [0.717, 1.165) is 18.5 Å². The van der Waals surface area contributed by atoms with Crippen LogP contribution in [0.2, 0.25) is 0 Å². The summed E-state index contributed by atoms with van der Waals surface area (Å²) in [7, 11) is 0. The summed E-state index contributed by atoms with van der Waals surface area (Å²) in [6.07, 6.45) is 4.21. The Morgan fingerprint density at radius 3 is 2.42 bits per heavy atom.